The summed E-state index contributed by atoms with van der Waals surface area (Å²) < 4.78 is 0. The van der Waals surface area contributed by atoms with E-state index in [1.54, 1.807) is 0 Å². The van der Waals surface area contributed by atoms with Crippen molar-refractivity contribution in [1.29, 1.82) is 0 Å². The Labute approximate surface area is 115 Å². The number of nitrogens with zero attached hydrogens (tertiary/aromatic N) is 3. The second-order valence-electron chi connectivity index (χ2n) is 5.33. The largest absolute Gasteiger partial charge is 0.393 e. The maximum atomic E-state index is 9.63. The Balaban J connectivity index is 2.79. The molecular formula is C13H23N3OS. The first-order chi connectivity index (χ1) is 8.45. The Bertz CT molecular complexity index is 318. The van der Waals surface area contributed by atoms with E-state index in [4.69, 9.17) is 12.2 Å². The molecule has 0 amide bonds. The summed E-state index contributed by atoms with van der Waals surface area (Å²) in [6, 6.07) is 0. The van der Waals surface area contributed by atoms with Crippen LogP contribution >= 0.6 is 12.2 Å². The highest BCUT2D eigenvalue weighted by Gasteiger charge is 2.33. The molecule has 0 spiro atoms. The van der Waals surface area contributed by atoms with Gasteiger partial charge in [0.05, 0.1) is 6.10 Å². The van der Waals surface area contributed by atoms with Gasteiger partial charge in [-0.1, -0.05) is 19.9 Å². The molecule has 3 atom stereocenters. The minimum absolute atomic E-state index is 0.0486. The molecule has 1 aliphatic rings. The average Bonchev–Trinajstić information content (AvgIpc) is 2.59. The van der Waals surface area contributed by atoms with Crippen LogP contribution in [0.4, 0.5) is 0 Å². The van der Waals surface area contributed by atoms with Gasteiger partial charge in [0.1, 0.15) is 6.17 Å². The van der Waals surface area contributed by atoms with Crippen molar-refractivity contribution in [2.45, 2.75) is 45.9 Å². The molecule has 0 aliphatic carbocycles. The van der Waals surface area contributed by atoms with Crippen LogP contribution < -0.4 is 0 Å². The molecule has 0 saturated heterocycles. The lowest BCUT2D eigenvalue weighted by Crippen LogP contribution is -2.39. The highest BCUT2D eigenvalue weighted by Crippen LogP contribution is 2.29. The third-order valence-electron chi connectivity index (χ3n) is 2.99. The predicted molar refractivity (Wildman–Crippen MR) is 77.4 cm³/mol. The van der Waals surface area contributed by atoms with Gasteiger partial charge >= 0.3 is 0 Å². The standard InChI is InChI=1S/C13H23N3OS/c1-5-6-16-12(14-15-13(16)18)11(7-9(2)3)8-10(4)17/h5,9-12,17H,1,6-8H2,2-4H3. The topological polar surface area (TPSA) is 48.2 Å². The first kappa shape index (κ1) is 15.2. The van der Waals surface area contributed by atoms with Gasteiger partial charge in [-0.05, 0) is 37.9 Å². The Morgan fingerprint density at radius 1 is 1.44 bits per heavy atom. The Morgan fingerprint density at radius 3 is 2.61 bits per heavy atom. The SMILES string of the molecule is C=CCN1C(=S)N=NC1C(CC(C)C)CC(C)O. The number of azo groups is 1. The molecule has 0 radical (unpaired) electrons. The number of hydrogen-bond acceptors (Lipinski definition) is 3. The van der Waals surface area contributed by atoms with Crippen molar-refractivity contribution >= 4 is 17.3 Å². The minimum Gasteiger partial charge on any atom is -0.393 e. The first-order valence-electron chi connectivity index (χ1n) is 6.46. The van der Waals surface area contributed by atoms with E-state index in [1.807, 2.05) is 17.9 Å². The molecule has 1 N–H and O–H groups in total. The molecule has 0 aromatic heterocycles. The number of aliphatic hydroxyl groups is 1. The van der Waals surface area contributed by atoms with E-state index in [-0.39, 0.29) is 18.2 Å². The van der Waals surface area contributed by atoms with Crippen LogP contribution in [0.1, 0.15) is 33.6 Å². The highest BCUT2D eigenvalue weighted by atomic mass is 32.1. The fourth-order valence-corrected chi connectivity index (χ4v) is 2.63. The summed E-state index contributed by atoms with van der Waals surface area (Å²) in [6.07, 6.45) is 3.16. The lowest BCUT2D eigenvalue weighted by atomic mass is 9.89. The number of hydrogen-bond donors (Lipinski definition) is 1. The summed E-state index contributed by atoms with van der Waals surface area (Å²) in [5.41, 5.74) is 0. The smallest absolute Gasteiger partial charge is 0.218 e. The highest BCUT2D eigenvalue weighted by molar-refractivity contribution is 7.80. The normalized spacial score (nSPS) is 22.6. The summed E-state index contributed by atoms with van der Waals surface area (Å²) in [7, 11) is 0. The molecule has 5 heteroatoms. The second-order valence-corrected chi connectivity index (χ2v) is 5.69. The molecule has 3 unspecified atom stereocenters. The van der Waals surface area contributed by atoms with Crippen molar-refractivity contribution in [1.82, 2.24) is 4.90 Å². The zero-order chi connectivity index (χ0) is 13.7. The van der Waals surface area contributed by atoms with Crippen LogP contribution in [0, 0.1) is 11.8 Å². The monoisotopic (exact) mass is 269 g/mol. The van der Waals surface area contributed by atoms with Crippen molar-refractivity contribution in [3.8, 4) is 0 Å². The van der Waals surface area contributed by atoms with Crippen LogP contribution in [0.2, 0.25) is 0 Å². The van der Waals surface area contributed by atoms with Crippen LogP contribution in [-0.2, 0) is 0 Å². The molecule has 4 nitrogen and oxygen atoms in total. The van der Waals surface area contributed by atoms with Crippen molar-refractivity contribution in [2.24, 2.45) is 22.1 Å². The molecule has 18 heavy (non-hydrogen) atoms. The van der Waals surface area contributed by atoms with E-state index in [1.165, 1.54) is 0 Å². The fraction of sp³-hybridized carbons (Fsp3) is 0.769. The van der Waals surface area contributed by atoms with Gasteiger partial charge in [-0.3, -0.25) is 0 Å². The lowest BCUT2D eigenvalue weighted by molar-refractivity contribution is 0.121. The maximum Gasteiger partial charge on any atom is 0.218 e. The molecule has 0 saturated carbocycles. The Morgan fingerprint density at radius 2 is 2.11 bits per heavy atom. The number of rotatable bonds is 7. The van der Waals surface area contributed by atoms with Crippen molar-refractivity contribution in [2.75, 3.05) is 6.54 Å². The minimum atomic E-state index is -0.330. The van der Waals surface area contributed by atoms with E-state index < -0.39 is 0 Å². The summed E-state index contributed by atoms with van der Waals surface area (Å²) in [6.45, 7) is 10.6. The molecule has 0 fully saturated rings. The van der Waals surface area contributed by atoms with Gasteiger partial charge < -0.3 is 10.0 Å². The van der Waals surface area contributed by atoms with Gasteiger partial charge in [-0.2, -0.15) is 5.11 Å². The fourth-order valence-electron chi connectivity index (χ4n) is 2.40. The molecule has 1 heterocycles. The number of thiocarbonyl (C=S) groups is 1. The summed E-state index contributed by atoms with van der Waals surface area (Å²) >= 11 is 5.18. The van der Waals surface area contributed by atoms with Gasteiger partial charge in [0.25, 0.3) is 0 Å². The molecule has 0 aromatic rings. The molecule has 1 rings (SSSR count). The van der Waals surface area contributed by atoms with Crippen molar-refractivity contribution < 1.29 is 5.11 Å². The molecule has 0 aromatic carbocycles. The summed E-state index contributed by atoms with van der Waals surface area (Å²) in [5, 5.41) is 18.4. The second kappa shape index (κ2) is 6.95. The third kappa shape index (κ3) is 4.14. The van der Waals surface area contributed by atoms with Crippen LogP contribution in [0.5, 0.6) is 0 Å². The zero-order valence-electron chi connectivity index (χ0n) is 11.4. The first-order valence-corrected chi connectivity index (χ1v) is 6.87. The molecule has 1 aliphatic heterocycles. The van der Waals surface area contributed by atoms with Gasteiger partial charge in [0, 0.05) is 12.5 Å². The average molecular weight is 269 g/mol. The lowest BCUT2D eigenvalue weighted by Gasteiger charge is -2.30. The quantitative estimate of drug-likeness (QED) is 0.571. The van der Waals surface area contributed by atoms with Crippen LogP contribution in [-0.4, -0.2) is 33.9 Å². The zero-order valence-corrected chi connectivity index (χ0v) is 12.2. The Kier molecular flexibility index (Phi) is 5.88. The summed E-state index contributed by atoms with van der Waals surface area (Å²) in [4.78, 5) is 1.98. The molecular weight excluding hydrogens is 246 g/mol. The summed E-state index contributed by atoms with van der Waals surface area (Å²) in [5.74, 6) is 0.831. The number of aliphatic hydroxyl groups excluding tert-OH is 1. The van der Waals surface area contributed by atoms with E-state index >= 15 is 0 Å². The van der Waals surface area contributed by atoms with Crippen LogP contribution in [0.25, 0.3) is 0 Å². The van der Waals surface area contributed by atoms with Gasteiger partial charge in [0.2, 0.25) is 5.11 Å². The van der Waals surface area contributed by atoms with Gasteiger partial charge in [0.15, 0.2) is 0 Å². The van der Waals surface area contributed by atoms with Crippen molar-refractivity contribution in [3.63, 3.8) is 0 Å². The maximum absolute atomic E-state index is 9.63. The van der Waals surface area contributed by atoms with Gasteiger partial charge in [-0.25, -0.2) is 0 Å². The molecule has 0 bridgehead atoms. The third-order valence-corrected chi connectivity index (χ3v) is 3.31. The van der Waals surface area contributed by atoms with E-state index in [0.29, 0.717) is 17.6 Å². The predicted octanol–water partition coefficient (Wildman–Crippen LogP) is 2.98. The van der Waals surface area contributed by atoms with E-state index in [9.17, 15) is 5.11 Å². The molecule has 102 valence electrons. The van der Waals surface area contributed by atoms with E-state index in [0.717, 1.165) is 12.8 Å². The van der Waals surface area contributed by atoms with Gasteiger partial charge in [-0.15, -0.1) is 11.7 Å². The van der Waals surface area contributed by atoms with Crippen molar-refractivity contribution in [3.05, 3.63) is 12.7 Å². The van der Waals surface area contributed by atoms with Crippen LogP contribution in [0.3, 0.4) is 0 Å². The van der Waals surface area contributed by atoms with Crippen LogP contribution in [0.15, 0.2) is 22.9 Å². The van der Waals surface area contributed by atoms with E-state index in [2.05, 4.69) is 30.7 Å². The Hall–Kier alpha value is -0.810.